The third-order valence-electron chi connectivity index (χ3n) is 9.14. The predicted molar refractivity (Wildman–Crippen MR) is 120 cm³/mol. The van der Waals surface area contributed by atoms with Gasteiger partial charge in [-0.3, -0.25) is 0 Å². The first-order chi connectivity index (χ1) is 13.7. The van der Waals surface area contributed by atoms with E-state index in [1.54, 1.807) is 0 Å². The normalized spacial score (nSPS) is 45.6. The summed E-state index contributed by atoms with van der Waals surface area (Å²) in [5, 5.41) is 0. The van der Waals surface area contributed by atoms with E-state index < -0.39 is 0 Å². The monoisotopic (exact) mass is 380 g/mol. The van der Waals surface area contributed by atoms with Gasteiger partial charge in [0.2, 0.25) is 0 Å². The lowest BCUT2D eigenvalue weighted by molar-refractivity contribution is -0.0182. The van der Waals surface area contributed by atoms with Gasteiger partial charge >= 0.3 is 0 Å². The molecule has 0 aliphatic heterocycles. The van der Waals surface area contributed by atoms with E-state index in [4.69, 9.17) is 20.4 Å². The van der Waals surface area contributed by atoms with Crippen molar-refractivity contribution in [2.75, 3.05) is 6.61 Å². The highest BCUT2D eigenvalue weighted by Crippen LogP contribution is 2.43. The van der Waals surface area contributed by atoms with E-state index in [0.717, 1.165) is 36.2 Å². The van der Waals surface area contributed by atoms with Gasteiger partial charge in [-0.1, -0.05) is 63.0 Å². The summed E-state index contributed by atoms with van der Waals surface area (Å²) >= 11 is 0. The Morgan fingerprint density at radius 2 is 0.821 bits per heavy atom. The first-order valence-electron chi connectivity index (χ1n) is 12.8. The van der Waals surface area contributed by atoms with Crippen LogP contribution in [0, 0.1) is 29.6 Å². The van der Waals surface area contributed by atoms with Crippen LogP contribution in [-0.2, 0) is 4.74 Å². The topological polar surface area (TPSA) is 9.23 Å². The maximum Gasteiger partial charge on any atom is 0.0699 e. The van der Waals surface area contributed by atoms with Crippen LogP contribution in [-0.4, -0.2) is 28.4 Å². The quantitative estimate of drug-likeness (QED) is 0.485. The van der Waals surface area contributed by atoms with Crippen LogP contribution in [0.4, 0.5) is 0 Å². The van der Waals surface area contributed by atoms with Gasteiger partial charge in [-0.2, -0.15) is 0 Å². The van der Waals surface area contributed by atoms with E-state index in [0.29, 0.717) is 17.7 Å². The van der Waals surface area contributed by atoms with Crippen LogP contribution >= 0.6 is 0 Å². The summed E-state index contributed by atoms with van der Waals surface area (Å²) in [5.41, 5.74) is 0. The van der Waals surface area contributed by atoms with Gasteiger partial charge in [0.15, 0.2) is 0 Å². The molecule has 154 valence electrons. The van der Waals surface area contributed by atoms with Crippen LogP contribution in [0.5, 0.6) is 0 Å². The van der Waals surface area contributed by atoms with Crippen LogP contribution in [0.3, 0.4) is 0 Å². The fourth-order valence-corrected chi connectivity index (χ4v) is 7.06. The SMILES string of the molecule is [B]C1CCC(C2CCC(COC3CCC(C4CCC([B])CC4)CC3)CC2)CC1. The minimum atomic E-state index is 0.488. The summed E-state index contributed by atoms with van der Waals surface area (Å²) in [6.45, 7) is 1.04. The summed E-state index contributed by atoms with van der Waals surface area (Å²) < 4.78 is 6.43. The molecule has 0 aromatic rings. The van der Waals surface area contributed by atoms with Gasteiger partial charge < -0.3 is 4.74 Å². The Labute approximate surface area is 177 Å². The summed E-state index contributed by atoms with van der Waals surface area (Å²) in [5.74, 6) is 5.71. The van der Waals surface area contributed by atoms with Crippen molar-refractivity contribution in [2.45, 2.75) is 120 Å². The van der Waals surface area contributed by atoms with E-state index in [-0.39, 0.29) is 0 Å². The molecular formula is C25H42B2O. The van der Waals surface area contributed by atoms with E-state index in [1.165, 1.54) is 103 Å². The van der Waals surface area contributed by atoms with Crippen molar-refractivity contribution in [3.05, 3.63) is 0 Å². The van der Waals surface area contributed by atoms with Crippen molar-refractivity contribution in [3.63, 3.8) is 0 Å². The summed E-state index contributed by atoms with van der Waals surface area (Å²) in [7, 11) is 12.2. The van der Waals surface area contributed by atoms with Gasteiger partial charge in [0.05, 0.1) is 21.8 Å². The molecule has 0 bridgehead atoms. The zero-order valence-electron chi connectivity index (χ0n) is 18.2. The molecule has 4 aliphatic rings. The van der Waals surface area contributed by atoms with Crippen LogP contribution < -0.4 is 0 Å². The molecule has 0 amide bonds. The second kappa shape index (κ2) is 10.4. The smallest absolute Gasteiger partial charge is 0.0699 e. The molecule has 1 nitrogen and oxygen atoms in total. The average molecular weight is 380 g/mol. The Bertz CT molecular complexity index is 395. The highest BCUT2D eigenvalue weighted by Gasteiger charge is 2.32. The third-order valence-corrected chi connectivity index (χ3v) is 9.14. The average Bonchev–Trinajstić information content (AvgIpc) is 2.74. The number of rotatable bonds is 5. The molecule has 4 fully saturated rings. The van der Waals surface area contributed by atoms with E-state index in [2.05, 4.69) is 0 Å². The molecule has 4 radical (unpaired) electrons. The van der Waals surface area contributed by atoms with Crippen LogP contribution in [0.25, 0.3) is 0 Å². The van der Waals surface area contributed by atoms with Crippen LogP contribution in [0.2, 0.25) is 11.6 Å². The lowest BCUT2D eigenvalue weighted by atomic mass is 9.65. The van der Waals surface area contributed by atoms with Gasteiger partial charge in [0, 0.05) is 6.61 Å². The Morgan fingerprint density at radius 3 is 1.25 bits per heavy atom. The van der Waals surface area contributed by atoms with E-state index in [1.807, 2.05) is 0 Å². The molecule has 0 aromatic heterocycles. The Morgan fingerprint density at radius 1 is 0.464 bits per heavy atom. The first-order valence-corrected chi connectivity index (χ1v) is 12.8. The minimum Gasteiger partial charge on any atom is -0.378 e. The number of hydrogen-bond acceptors (Lipinski definition) is 1. The van der Waals surface area contributed by atoms with E-state index >= 15 is 0 Å². The summed E-state index contributed by atoms with van der Waals surface area (Å²) in [6.07, 6.45) is 22.3. The molecular weight excluding hydrogens is 338 g/mol. The molecule has 0 aromatic carbocycles. The molecule has 0 unspecified atom stereocenters. The van der Waals surface area contributed by atoms with Gasteiger partial charge in [-0.05, 0) is 81.0 Å². The first kappa shape index (κ1) is 21.3. The van der Waals surface area contributed by atoms with Gasteiger partial charge in [0.1, 0.15) is 0 Å². The van der Waals surface area contributed by atoms with Crippen molar-refractivity contribution in [1.29, 1.82) is 0 Å². The molecule has 3 heteroatoms. The largest absolute Gasteiger partial charge is 0.378 e. The number of hydrogen-bond donors (Lipinski definition) is 0. The summed E-state index contributed by atoms with van der Waals surface area (Å²) in [6, 6.07) is 0. The highest BCUT2D eigenvalue weighted by molar-refractivity contribution is 6.11. The molecule has 4 aliphatic carbocycles. The Hall–Kier alpha value is 0.0899. The molecule has 0 spiro atoms. The maximum atomic E-state index is 6.43. The van der Waals surface area contributed by atoms with Crippen molar-refractivity contribution in [2.24, 2.45) is 29.6 Å². The molecule has 0 N–H and O–H groups in total. The lowest BCUT2D eigenvalue weighted by Crippen LogP contribution is -2.30. The third kappa shape index (κ3) is 5.83. The van der Waals surface area contributed by atoms with Crippen molar-refractivity contribution < 1.29 is 4.74 Å². The second-order valence-corrected chi connectivity index (χ2v) is 11.0. The predicted octanol–water partition coefficient (Wildman–Crippen LogP) is 6.66. The Kier molecular flexibility index (Phi) is 7.93. The molecule has 0 saturated heterocycles. The zero-order valence-corrected chi connectivity index (χ0v) is 18.2. The van der Waals surface area contributed by atoms with Gasteiger partial charge in [0.25, 0.3) is 0 Å². The molecule has 4 saturated carbocycles. The van der Waals surface area contributed by atoms with Crippen LogP contribution in [0.15, 0.2) is 0 Å². The molecule has 28 heavy (non-hydrogen) atoms. The van der Waals surface area contributed by atoms with Crippen molar-refractivity contribution in [3.8, 4) is 0 Å². The maximum absolute atomic E-state index is 6.43. The second-order valence-electron chi connectivity index (χ2n) is 11.0. The lowest BCUT2D eigenvalue weighted by Gasteiger charge is -2.39. The molecule has 0 heterocycles. The molecule has 0 atom stereocenters. The summed E-state index contributed by atoms with van der Waals surface area (Å²) in [4.78, 5) is 0. The van der Waals surface area contributed by atoms with Gasteiger partial charge in [-0.25, -0.2) is 0 Å². The van der Waals surface area contributed by atoms with E-state index in [9.17, 15) is 0 Å². The highest BCUT2D eigenvalue weighted by atomic mass is 16.5. The number of ether oxygens (including phenoxy) is 1. The Balaban J connectivity index is 1.09. The van der Waals surface area contributed by atoms with Crippen molar-refractivity contribution >= 4 is 15.7 Å². The van der Waals surface area contributed by atoms with Crippen LogP contribution in [0.1, 0.15) is 103 Å². The molecule has 4 rings (SSSR count). The fraction of sp³-hybridized carbons (Fsp3) is 1.00. The van der Waals surface area contributed by atoms with Gasteiger partial charge in [-0.15, -0.1) is 0 Å². The fourth-order valence-electron chi connectivity index (χ4n) is 7.06. The zero-order chi connectivity index (χ0) is 19.3. The van der Waals surface area contributed by atoms with Crippen molar-refractivity contribution in [1.82, 2.24) is 0 Å². The minimum absolute atomic E-state index is 0.488. The standard InChI is InChI=1S/C25H42B2O/c26-23-11-5-20(6-12-23)19-3-1-18(2-4-19)17-28-25-15-9-22(10-16-25)21-7-13-24(27)14-8-21/h18-25H,1-17H2.